The Bertz CT molecular complexity index is 941. The minimum Gasteiger partial charge on any atom is -0.497 e. The number of aryl methyl sites for hydroxylation is 2. The van der Waals surface area contributed by atoms with Crippen LogP contribution in [-0.4, -0.2) is 38.0 Å². The van der Waals surface area contributed by atoms with Crippen LogP contribution in [0.5, 0.6) is 5.75 Å². The Labute approximate surface area is 169 Å². The van der Waals surface area contributed by atoms with E-state index in [1.165, 1.54) is 7.11 Å². The van der Waals surface area contributed by atoms with Gasteiger partial charge in [0, 0.05) is 30.4 Å². The molecule has 1 heterocycles. The number of rotatable bonds is 6. The fourth-order valence-corrected chi connectivity index (χ4v) is 3.16. The second-order valence-corrected chi connectivity index (χ2v) is 7.06. The maximum absolute atomic E-state index is 12.4. The van der Waals surface area contributed by atoms with E-state index in [-0.39, 0.29) is 18.9 Å². The molecule has 29 heavy (non-hydrogen) atoms. The summed E-state index contributed by atoms with van der Waals surface area (Å²) in [5.74, 6) is -1.12. The van der Waals surface area contributed by atoms with Crippen LogP contribution in [0.1, 0.15) is 17.5 Å². The molecule has 7 heteroatoms. The van der Waals surface area contributed by atoms with Gasteiger partial charge >= 0.3 is 5.97 Å². The Morgan fingerprint density at radius 3 is 2.66 bits per heavy atom. The first-order valence-electron chi connectivity index (χ1n) is 9.35. The molecule has 0 unspecified atom stereocenters. The molecule has 0 radical (unpaired) electrons. The summed E-state index contributed by atoms with van der Waals surface area (Å²) >= 11 is 0. The van der Waals surface area contributed by atoms with Crippen LogP contribution in [0.15, 0.2) is 42.5 Å². The first kappa shape index (κ1) is 20.4. The van der Waals surface area contributed by atoms with Crippen molar-refractivity contribution < 1.29 is 23.9 Å². The van der Waals surface area contributed by atoms with E-state index in [4.69, 9.17) is 9.47 Å². The number of hydrogen-bond acceptors (Lipinski definition) is 5. The number of nitrogens with zero attached hydrogens (tertiary/aromatic N) is 1. The lowest BCUT2D eigenvalue weighted by atomic mass is 10.1. The summed E-state index contributed by atoms with van der Waals surface area (Å²) in [5, 5.41) is 2.64. The lowest BCUT2D eigenvalue weighted by Gasteiger charge is -2.17. The molecular weight excluding hydrogens is 372 g/mol. The summed E-state index contributed by atoms with van der Waals surface area (Å²) in [4.78, 5) is 38.3. The predicted molar refractivity (Wildman–Crippen MR) is 109 cm³/mol. The summed E-state index contributed by atoms with van der Waals surface area (Å²) in [6, 6.07) is 12.6. The van der Waals surface area contributed by atoms with Crippen LogP contribution in [0.25, 0.3) is 0 Å². The van der Waals surface area contributed by atoms with Gasteiger partial charge in [-0.2, -0.15) is 0 Å². The molecule has 0 aromatic heterocycles. The maximum Gasteiger partial charge on any atom is 0.311 e. The third-order valence-electron chi connectivity index (χ3n) is 4.96. The Morgan fingerprint density at radius 1 is 1.14 bits per heavy atom. The Balaban J connectivity index is 1.53. The number of methoxy groups -OCH3 is 1. The van der Waals surface area contributed by atoms with Crippen molar-refractivity contribution in [3.05, 3.63) is 53.6 Å². The maximum atomic E-state index is 12.4. The fourth-order valence-electron chi connectivity index (χ4n) is 3.16. The molecule has 1 aliphatic heterocycles. The van der Waals surface area contributed by atoms with E-state index in [9.17, 15) is 14.4 Å². The summed E-state index contributed by atoms with van der Waals surface area (Å²) in [6.45, 7) is 3.82. The van der Waals surface area contributed by atoms with Crippen LogP contribution in [0, 0.1) is 19.8 Å². The molecular formula is C22H24N2O5. The third kappa shape index (κ3) is 4.93. The highest BCUT2D eigenvalue weighted by atomic mass is 16.5. The quantitative estimate of drug-likeness (QED) is 0.759. The Hall–Kier alpha value is -3.35. The first-order chi connectivity index (χ1) is 13.9. The number of ether oxygens (including phenoxy) is 2. The molecule has 2 amide bonds. The SMILES string of the molecule is COc1cccc(NC(=O)COC(=O)[C@@H]2CC(=O)N(c3ccc(C)c(C)c3)C2)c1. The van der Waals surface area contributed by atoms with Crippen LogP contribution in [0.4, 0.5) is 11.4 Å². The average molecular weight is 396 g/mol. The van der Waals surface area contributed by atoms with Gasteiger partial charge in [-0.25, -0.2) is 0 Å². The third-order valence-corrected chi connectivity index (χ3v) is 4.96. The summed E-state index contributed by atoms with van der Waals surface area (Å²) in [6.07, 6.45) is 0.0727. The number of esters is 1. The Kier molecular flexibility index (Phi) is 6.16. The molecule has 1 aliphatic rings. The van der Waals surface area contributed by atoms with Crippen LogP contribution in [0.3, 0.4) is 0 Å². The zero-order valence-corrected chi connectivity index (χ0v) is 16.7. The van der Waals surface area contributed by atoms with E-state index >= 15 is 0 Å². The van der Waals surface area contributed by atoms with Gasteiger partial charge < -0.3 is 19.7 Å². The summed E-state index contributed by atoms with van der Waals surface area (Å²) in [7, 11) is 1.53. The van der Waals surface area contributed by atoms with Crippen molar-refractivity contribution in [2.75, 3.05) is 30.5 Å². The molecule has 0 spiro atoms. The zero-order valence-electron chi connectivity index (χ0n) is 16.7. The van der Waals surface area contributed by atoms with Crippen LogP contribution < -0.4 is 15.0 Å². The highest BCUT2D eigenvalue weighted by molar-refractivity contribution is 6.00. The molecule has 0 bridgehead atoms. The second-order valence-electron chi connectivity index (χ2n) is 7.06. The monoisotopic (exact) mass is 396 g/mol. The van der Waals surface area contributed by atoms with Gasteiger partial charge in [0.25, 0.3) is 5.91 Å². The number of anilines is 2. The predicted octanol–water partition coefficient (Wildman–Crippen LogP) is 2.85. The topological polar surface area (TPSA) is 84.9 Å². The number of nitrogens with one attached hydrogen (secondary N) is 1. The molecule has 3 rings (SSSR count). The van der Waals surface area contributed by atoms with Gasteiger partial charge in [-0.1, -0.05) is 12.1 Å². The Morgan fingerprint density at radius 2 is 1.93 bits per heavy atom. The van der Waals surface area contributed by atoms with Crippen LogP contribution in [0.2, 0.25) is 0 Å². The van der Waals surface area contributed by atoms with Crippen molar-refractivity contribution in [2.45, 2.75) is 20.3 Å². The number of carbonyl (C=O) groups excluding carboxylic acids is 3. The lowest BCUT2D eigenvalue weighted by Crippen LogP contribution is -2.28. The van der Waals surface area contributed by atoms with Crippen molar-refractivity contribution in [1.29, 1.82) is 0 Å². The zero-order chi connectivity index (χ0) is 21.0. The van der Waals surface area contributed by atoms with Crippen molar-refractivity contribution in [1.82, 2.24) is 0 Å². The average Bonchev–Trinajstić information content (AvgIpc) is 3.10. The number of benzene rings is 2. The van der Waals surface area contributed by atoms with E-state index in [0.29, 0.717) is 11.4 Å². The van der Waals surface area contributed by atoms with Gasteiger partial charge in [-0.15, -0.1) is 0 Å². The molecule has 1 N–H and O–H groups in total. The van der Waals surface area contributed by atoms with Gasteiger partial charge in [0.1, 0.15) is 5.75 Å². The number of amides is 2. The minimum atomic E-state index is -0.589. The summed E-state index contributed by atoms with van der Waals surface area (Å²) in [5.41, 5.74) is 3.53. The first-order valence-corrected chi connectivity index (χ1v) is 9.35. The van der Waals surface area contributed by atoms with E-state index < -0.39 is 24.4 Å². The van der Waals surface area contributed by atoms with Crippen LogP contribution >= 0.6 is 0 Å². The molecule has 2 aromatic rings. The van der Waals surface area contributed by atoms with E-state index in [1.807, 2.05) is 32.0 Å². The highest BCUT2D eigenvalue weighted by Crippen LogP contribution is 2.27. The molecule has 1 fully saturated rings. The summed E-state index contributed by atoms with van der Waals surface area (Å²) < 4.78 is 10.2. The van der Waals surface area contributed by atoms with E-state index in [0.717, 1.165) is 16.8 Å². The van der Waals surface area contributed by atoms with Gasteiger partial charge in [-0.05, 0) is 49.2 Å². The van der Waals surface area contributed by atoms with Crippen molar-refractivity contribution in [3.8, 4) is 5.75 Å². The van der Waals surface area contributed by atoms with Crippen molar-refractivity contribution >= 4 is 29.2 Å². The normalized spacial score (nSPS) is 15.9. The molecule has 7 nitrogen and oxygen atoms in total. The molecule has 1 atom stereocenters. The largest absolute Gasteiger partial charge is 0.497 e. The van der Waals surface area contributed by atoms with Gasteiger partial charge in [0.15, 0.2) is 6.61 Å². The fraction of sp³-hybridized carbons (Fsp3) is 0.318. The smallest absolute Gasteiger partial charge is 0.311 e. The molecule has 1 saturated heterocycles. The standard InChI is InChI=1S/C22H24N2O5/c1-14-7-8-18(9-15(14)2)24-12-16(10-21(24)26)22(27)29-13-20(25)23-17-5-4-6-19(11-17)28-3/h4-9,11,16H,10,12-13H2,1-3H3,(H,23,25)/t16-/m1/s1. The second kappa shape index (κ2) is 8.77. The van der Waals surface area contributed by atoms with Crippen molar-refractivity contribution in [3.63, 3.8) is 0 Å². The lowest BCUT2D eigenvalue weighted by molar-refractivity contribution is -0.151. The van der Waals surface area contributed by atoms with Crippen molar-refractivity contribution in [2.24, 2.45) is 5.92 Å². The van der Waals surface area contributed by atoms with Gasteiger partial charge in [0.05, 0.1) is 13.0 Å². The molecule has 2 aromatic carbocycles. The molecule has 0 aliphatic carbocycles. The van der Waals surface area contributed by atoms with Gasteiger partial charge in [0.2, 0.25) is 5.91 Å². The number of hydrogen-bond donors (Lipinski definition) is 1. The molecule has 0 saturated carbocycles. The minimum absolute atomic E-state index is 0.0727. The van der Waals surface area contributed by atoms with Crippen LogP contribution in [-0.2, 0) is 19.1 Å². The van der Waals surface area contributed by atoms with Gasteiger partial charge in [-0.3, -0.25) is 14.4 Å². The highest BCUT2D eigenvalue weighted by Gasteiger charge is 2.36. The van der Waals surface area contributed by atoms with E-state index in [1.54, 1.807) is 29.2 Å². The van der Waals surface area contributed by atoms with E-state index in [2.05, 4.69) is 5.32 Å². The number of carbonyl (C=O) groups is 3. The molecule has 152 valence electrons.